The van der Waals surface area contributed by atoms with Gasteiger partial charge in [-0.15, -0.1) is 0 Å². The van der Waals surface area contributed by atoms with E-state index in [4.69, 9.17) is 11.6 Å². The van der Waals surface area contributed by atoms with Crippen LogP contribution in [0.3, 0.4) is 0 Å². The van der Waals surface area contributed by atoms with E-state index in [0.717, 1.165) is 43.2 Å². The number of hydrogen-bond donors (Lipinski definition) is 2. The molecule has 116 valence electrons. The van der Waals surface area contributed by atoms with Crippen molar-refractivity contribution in [3.8, 4) is 0 Å². The molecule has 1 unspecified atom stereocenters. The van der Waals surface area contributed by atoms with Crippen LogP contribution in [-0.4, -0.2) is 17.3 Å². The van der Waals surface area contributed by atoms with Crippen molar-refractivity contribution in [1.29, 1.82) is 0 Å². The standard InChI is InChI=1S/C18H26ClNO/c1-2-13-7-9-18(21,10-8-13)12-20-17-6-3-14-11-15(19)4-5-16(14)17/h4-5,11,13,17,20-21H,2-3,6-10,12H2,1H3. The number of hydrogen-bond acceptors (Lipinski definition) is 2. The Morgan fingerprint density at radius 2 is 2.05 bits per heavy atom. The Morgan fingerprint density at radius 3 is 2.76 bits per heavy atom. The predicted molar refractivity (Wildman–Crippen MR) is 87.7 cm³/mol. The average molecular weight is 308 g/mol. The molecule has 0 amide bonds. The van der Waals surface area contributed by atoms with Gasteiger partial charge in [-0.25, -0.2) is 0 Å². The Hall–Kier alpha value is -0.570. The molecular weight excluding hydrogens is 282 g/mol. The van der Waals surface area contributed by atoms with Crippen LogP contribution < -0.4 is 5.32 Å². The number of benzene rings is 1. The van der Waals surface area contributed by atoms with Crippen molar-refractivity contribution in [2.75, 3.05) is 6.54 Å². The molecule has 0 heterocycles. The van der Waals surface area contributed by atoms with Crippen LogP contribution in [0.4, 0.5) is 0 Å². The second-order valence-corrected chi connectivity index (χ2v) is 7.33. The summed E-state index contributed by atoms with van der Waals surface area (Å²) in [5.41, 5.74) is 2.23. The summed E-state index contributed by atoms with van der Waals surface area (Å²) in [6.07, 6.45) is 7.68. The molecule has 2 nitrogen and oxygen atoms in total. The number of nitrogens with one attached hydrogen (secondary N) is 1. The molecule has 0 aromatic heterocycles. The van der Waals surface area contributed by atoms with Gasteiger partial charge < -0.3 is 10.4 Å². The van der Waals surface area contributed by atoms with Gasteiger partial charge >= 0.3 is 0 Å². The van der Waals surface area contributed by atoms with Gasteiger partial charge in [0.25, 0.3) is 0 Å². The van der Waals surface area contributed by atoms with Crippen molar-refractivity contribution in [3.05, 3.63) is 34.3 Å². The first-order valence-corrected chi connectivity index (χ1v) is 8.71. The molecule has 0 saturated heterocycles. The van der Waals surface area contributed by atoms with E-state index in [1.165, 1.54) is 30.4 Å². The minimum atomic E-state index is -0.499. The molecule has 1 aromatic rings. The lowest BCUT2D eigenvalue weighted by Crippen LogP contribution is -2.44. The molecule has 2 N–H and O–H groups in total. The Kier molecular flexibility index (Phi) is 4.58. The van der Waals surface area contributed by atoms with Crippen molar-refractivity contribution in [1.82, 2.24) is 5.32 Å². The van der Waals surface area contributed by atoms with Crippen LogP contribution >= 0.6 is 11.6 Å². The molecule has 0 aliphatic heterocycles. The zero-order valence-electron chi connectivity index (χ0n) is 12.9. The highest BCUT2D eigenvalue weighted by atomic mass is 35.5. The summed E-state index contributed by atoms with van der Waals surface area (Å²) in [6.45, 7) is 2.98. The third kappa shape index (κ3) is 3.44. The van der Waals surface area contributed by atoms with Crippen molar-refractivity contribution < 1.29 is 5.11 Å². The summed E-state index contributed by atoms with van der Waals surface area (Å²) >= 11 is 6.06. The molecule has 1 atom stereocenters. The highest BCUT2D eigenvalue weighted by Gasteiger charge is 2.33. The summed E-state index contributed by atoms with van der Waals surface area (Å²) in [4.78, 5) is 0. The number of fused-ring (bicyclic) bond motifs is 1. The van der Waals surface area contributed by atoms with Crippen molar-refractivity contribution >= 4 is 11.6 Å². The molecule has 3 rings (SSSR count). The van der Waals surface area contributed by atoms with E-state index in [2.05, 4.69) is 24.4 Å². The van der Waals surface area contributed by atoms with Crippen LogP contribution in [0.5, 0.6) is 0 Å². The Morgan fingerprint density at radius 1 is 1.29 bits per heavy atom. The maximum absolute atomic E-state index is 10.8. The monoisotopic (exact) mass is 307 g/mol. The molecule has 0 spiro atoms. The van der Waals surface area contributed by atoms with Gasteiger partial charge in [-0.05, 0) is 67.7 Å². The second kappa shape index (κ2) is 6.28. The molecule has 1 saturated carbocycles. The lowest BCUT2D eigenvalue weighted by molar-refractivity contribution is -0.0106. The van der Waals surface area contributed by atoms with E-state index >= 15 is 0 Å². The molecule has 2 aliphatic rings. The zero-order valence-corrected chi connectivity index (χ0v) is 13.6. The fourth-order valence-electron chi connectivity index (χ4n) is 3.91. The predicted octanol–water partition coefficient (Wildman–Crippen LogP) is 4.25. The van der Waals surface area contributed by atoms with Crippen molar-refractivity contribution in [2.45, 2.75) is 63.5 Å². The topological polar surface area (TPSA) is 32.3 Å². The third-order valence-corrected chi connectivity index (χ3v) is 5.71. The summed E-state index contributed by atoms with van der Waals surface area (Å²) in [6, 6.07) is 6.58. The Balaban J connectivity index is 1.57. The number of aliphatic hydroxyl groups is 1. The quantitative estimate of drug-likeness (QED) is 0.871. The van der Waals surface area contributed by atoms with E-state index in [0.29, 0.717) is 6.04 Å². The normalized spacial score (nSPS) is 32.1. The molecule has 1 fully saturated rings. The average Bonchev–Trinajstić information content (AvgIpc) is 2.88. The molecule has 21 heavy (non-hydrogen) atoms. The van der Waals surface area contributed by atoms with Crippen LogP contribution in [0.1, 0.15) is 62.6 Å². The van der Waals surface area contributed by atoms with E-state index in [1.54, 1.807) is 0 Å². The zero-order chi connectivity index (χ0) is 14.9. The smallest absolute Gasteiger partial charge is 0.0772 e. The largest absolute Gasteiger partial charge is 0.389 e. The molecule has 3 heteroatoms. The molecular formula is C18H26ClNO. The summed E-state index contributed by atoms with van der Waals surface area (Å²) in [5, 5.41) is 15.2. The van der Waals surface area contributed by atoms with Crippen LogP contribution in [0.2, 0.25) is 5.02 Å². The SMILES string of the molecule is CCC1CCC(O)(CNC2CCc3cc(Cl)ccc32)CC1. The van der Waals surface area contributed by atoms with Gasteiger partial charge in [-0.1, -0.05) is 31.0 Å². The number of rotatable bonds is 4. The summed E-state index contributed by atoms with van der Waals surface area (Å²) in [5.74, 6) is 0.819. The lowest BCUT2D eigenvalue weighted by Gasteiger charge is -2.36. The van der Waals surface area contributed by atoms with Crippen LogP contribution in [-0.2, 0) is 6.42 Å². The first-order valence-electron chi connectivity index (χ1n) is 8.34. The summed E-state index contributed by atoms with van der Waals surface area (Å²) < 4.78 is 0. The van der Waals surface area contributed by atoms with Gasteiger partial charge in [0.1, 0.15) is 0 Å². The van der Waals surface area contributed by atoms with E-state index in [-0.39, 0.29) is 0 Å². The van der Waals surface area contributed by atoms with Crippen molar-refractivity contribution in [2.24, 2.45) is 5.92 Å². The van der Waals surface area contributed by atoms with Crippen LogP contribution in [0, 0.1) is 5.92 Å². The van der Waals surface area contributed by atoms with Gasteiger partial charge in [0.05, 0.1) is 5.60 Å². The molecule has 0 bridgehead atoms. The first kappa shape index (κ1) is 15.3. The Labute approximate surface area is 132 Å². The number of halogens is 1. The fourth-order valence-corrected chi connectivity index (χ4v) is 4.11. The molecule has 0 radical (unpaired) electrons. The van der Waals surface area contributed by atoms with Gasteiger partial charge in [-0.3, -0.25) is 0 Å². The van der Waals surface area contributed by atoms with E-state index in [9.17, 15) is 5.11 Å². The fraction of sp³-hybridized carbons (Fsp3) is 0.667. The third-order valence-electron chi connectivity index (χ3n) is 5.47. The molecule has 1 aromatic carbocycles. The minimum absolute atomic E-state index is 0.380. The van der Waals surface area contributed by atoms with Crippen LogP contribution in [0.15, 0.2) is 18.2 Å². The highest BCUT2D eigenvalue weighted by Crippen LogP contribution is 2.36. The highest BCUT2D eigenvalue weighted by molar-refractivity contribution is 6.30. The Bertz CT molecular complexity index is 494. The number of aryl methyl sites for hydroxylation is 1. The lowest BCUT2D eigenvalue weighted by atomic mass is 9.77. The van der Waals surface area contributed by atoms with Gasteiger partial charge in [0.2, 0.25) is 0 Å². The van der Waals surface area contributed by atoms with Crippen molar-refractivity contribution in [3.63, 3.8) is 0 Å². The first-order chi connectivity index (χ1) is 10.1. The van der Waals surface area contributed by atoms with Gasteiger partial charge in [-0.2, -0.15) is 0 Å². The van der Waals surface area contributed by atoms with Gasteiger partial charge in [0.15, 0.2) is 0 Å². The van der Waals surface area contributed by atoms with E-state index < -0.39 is 5.60 Å². The van der Waals surface area contributed by atoms with E-state index in [1.807, 2.05) is 6.07 Å². The van der Waals surface area contributed by atoms with Crippen LogP contribution in [0.25, 0.3) is 0 Å². The maximum Gasteiger partial charge on any atom is 0.0772 e. The minimum Gasteiger partial charge on any atom is -0.389 e. The molecule has 2 aliphatic carbocycles. The summed E-state index contributed by atoms with van der Waals surface area (Å²) in [7, 11) is 0. The maximum atomic E-state index is 10.8. The second-order valence-electron chi connectivity index (χ2n) is 6.89. The van der Waals surface area contributed by atoms with Gasteiger partial charge in [0, 0.05) is 17.6 Å².